The van der Waals surface area contributed by atoms with Crippen molar-refractivity contribution in [2.45, 2.75) is 12.8 Å². The van der Waals surface area contributed by atoms with E-state index in [0.717, 1.165) is 11.3 Å². The van der Waals surface area contributed by atoms with Gasteiger partial charge >= 0.3 is 5.97 Å². The van der Waals surface area contributed by atoms with Crippen molar-refractivity contribution in [1.29, 1.82) is 0 Å². The summed E-state index contributed by atoms with van der Waals surface area (Å²) in [6.45, 7) is 1.90. The molecule has 0 saturated heterocycles. The number of hydrogen-bond acceptors (Lipinski definition) is 6. The molecule has 7 nitrogen and oxygen atoms in total. The van der Waals surface area contributed by atoms with Crippen LogP contribution in [0.2, 0.25) is 0 Å². The summed E-state index contributed by atoms with van der Waals surface area (Å²) >= 11 is 0. The molecule has 3 N–H and O–H groups in total. The second-order valence-electron chi connectivity index (χ2n) is 7.26. The number of nitrogens with one attached hydrogen (secondary N) is 1. The molecule has 3 aromatic rings. The second kappa shape index (κ2) is 7.59. The zero-order chi connectivity index (χ0) is 21.4. The van der Waals surface area contributed by atoms with Crippen LogP contribution in [0.15, 0.2) is 64.8 Å². The highest BCUT2D eigenvalue weighted by atomic mass is 16.5. The van der Waals surface area contributed by atoms with E-state index in [1.807, 2.05) is 61.5 Å². The molecule has 0 aliphatic carbocycles. The molecule has 0 amide bonds. The van der Waals surface area contributed by atoms with Crippen LogP contribution in [0, 0.1) is 0 Å². The van der Waals surface area contributed by atoms with Gasteiger partial charge < -0.3 is 25.1 Å². The zero-order valence-corrected chi connectivity index (χ0v) is 17.1. The van der Waals surface area contributed by atoms with E-state index in [1.165, 1.54) is 0 Å². The van der Waals surface area contributed by atoms with Crippen molar-refractivity contribution in [3.8, 4) is 5.75 Å². The molecule has 4 rings (SSSR count). The summed E-state index contributed by atoms with van der Waals surface area (Å²) in [5, 5.41) is 0.716. The third kappa shape index (κ3) is 3.18. The van der Waals surface area contributed by atoms with E-state index in [9.17, 15) is 9.59 Å². The molecule has 1 atom stereocenters. The van der Waals surface area contributed by atoms with Gasteiger partial charge in [0.15, 0.2) is 0 Å². The fourth-order valence-electron chi connectivity index (χ4n) is 3.78. The van der Waals surface area contributed by atoms with Gasteiger partial charge in [-0.2, -0.15) is 0 Å². The Bertz CT molecular complexity index is 1210. The average Bonchev–Trinajstić information content (AvgIpc) is 2.73. The molecule has 0 unspecified atom stereocenters. The van der Waals surface area contributed by atoms with Gasteiger partial charge in [0.2, 0.25) is 5.88 Å². The largest absolute Gasteiger partial charge is 0.462 e. The molecule has 2 heterocycles. The molecule has 1 aromatic heterocycles. The van der Waals surface area contributed by atoms with Crippen LogP contribution in [-0.2, 0) is 9.53 Å². The van der Waals surface area contributed by atoms with Crippen LogP contribution in [-0.4, -0.2) is 31.7 Å². The van der Waals surface area contributed by atoms with E-state index in [-0.39, 0.29) is 23.6 Å². The average molecular weight is 405 g/mol. The lowest BCUT2D eigenvalue weighted by Gasteiger charge is -2.28. The van der Waals surface area contributed by atoms with Gasteiger partial charge in [-0.15, -0.1) is 0 Å². The summed E-state index contributed by atoms with van der Waals surface area (Å²) in [6.07, 6.45) is 0. The molecule has 0 bridgehead atoms. The number of rotatable bonds is 4. The summed E-state index contributed by atoms with van der Waals surface area (Å²) in [5.74, 6) is -1.01. The topological polar surface area (TPSA) is 97.6 Å². The molecular formula is C23H23N3O4. The number of aromatic nitrogens is 1. The minimum absolute atomic E-state index is 0.0570. The molecule has 154 valence electrons. The normalized spacial score (nSPS) is 15.5. The smallest absolute Gasteiger partial charge is 0.340 e. The lowest BCUT2D eigenvalue weighted by Crippen LogP contribution is -2.32. The molecule has 0 saturated carbocycles. The Morgan fingerprint density at radius 3 is 2.53 bits per heavy atom. The van der Waals surface area contributed by atoms with Crippen molar-refractivity contribution >= 4 is 22.6 Å². The first-order chi connectivity index (χ1) is 14.4. The van der Waals surface area contributed by atoms with Gasteiger partial charge in [0.1, 0.15) is 11.3 Å². The summed E-state index contributed by atoms with van der Waals surface area (Å²) in [4.78, 5) is 30.8. The third-order valence-electron chi connectivity index (χ3n) is 5.20. The number of carbonyl (C=O) groups excluding carboxylic acids is 1. The number of ether oxygens (including phenoxy) is 2. The van der Waals surface area contributed by atoms with Crippen LogP contribution in [0.3, 0.4) is 0 Å². The predicted molar refractivity (Wildman–Crippen MR) is 116 cm³/mol. The van der Waals surface area contributed by atoms with Gasteiger partial charge in [-0.25, -0.2) is 4.79 Å². The Balaban J connectivity index is 1.99. The van der Waals surface area contributed by atoms with E-state index in [0.29, 0.717) is 22.2 Å². The van der Waals surface area contributed by atoms with Crippen LogP contribution in [0.25, 0.3) is 10.9 Å². The van der Waals surface area contributed by atoms with Gasteiger partial charge in [-0.05, 0) is 36.8 Å². The minimum Gasteiger partial charge on any atom is -0.462 e. The van der Waals surface area contributed by atoms with Crippen LogP contribution in [0.5, 0.6) is 5.75 Å². The van der Waals surface area contributed by atoms with Gasteiger partial charge in [0.05, 0.1) is 23.6 Å². The Labute approximate surface area is 173 Å². The lowest BCUT2D eigenvalue weighted by molar-refractivity contribution is -0.139. The first-order valence-electron chi connectivity index (χ1n) is 9.69. The van der Waals surface area contributed by atoms with Crippen molar-refractivity contribution < 1.29 is 14.3 Å². The number of H-pyrrole nitrogens is 1. The van der Waals surface area contributed by atoms with Gasteiger partial charge in [-0.1, -0.05) is 24.3 Å². The third-order valence-corrected chi connectivity index (χ3v) is 5.20. The van der Waals surface area contributed by atoms with Crippen LogP contribution in [0.1, 0.15) is 24.0 Å². The van der Waals surface area contributed by atoms with E-state index in [2.05, 4.69) is 4.98 Å². The number of nitrogens with zero attached hydrogens (tertiary/aromatic N) is 1. The number of para-hydroxylation sites is 1. The Morgan fingerprint density at radius 1 is 1.17 bits per heavy atom. The molecule has 2 aromatic carbocycles. The highest BCUT2D eigenvalue weighted by Gasteiger charge is 2.38. The van der Waals surface area contributed by atoms with Crippen LogP contribution in [0.4, 0.5) is 5.69 Å². The standard InChI is InChI=1S/C23H23N3O4/c1-4-29-23(28)19-17(13-9-11-14(12-10-13)26(2)3)18-20(30-21(19)24)15-7-5-6-8-16(15)25-22(18)27/h5-12,17H,4,24H2,1-3H3,(H,25,27)/t17-/m1/s1. The monoisotopic (exact) mass is 405 g/mol. The number of fused-ring (bicyclic) bond motifs is 3. The van der Waals surface area contributed by atoms with Gasteiger partial charge in [-0.3, -0.25) is 4.79 Å². The maximum absolute atomic E-state index is 13.1. The maximum atomic E-state index is 13.1. The highest BCUT2D eigenvalue weighted by Crippen LogP contribution is 2.43. The fourth-order valence-corrected chi connectivity index (χ4v) is 3.78. The van der Waals surface area contributed by atoms with Crippen molar-refractivity contribution in [3.63, 3.8) is 0 Å². The molecule has 0 fully saturated rings. The van der Waals surface area contributed by atoms with Crippen molar-refractivity contribution in [2.75, 3.05) is 25.6 Å². The lowest BCUT2D eigenvalue weighted by atomic mass is 9.83. The van der Waals surface area contributed by atoms with Crippen molar-refractivity contribution in [1.82, 2.24) is 4.98 Å². The van der Waals surface area contributed by atoms with E-state index >= 15 is 0 Å². The molecule has 30 heavy (non-hydrogen) atoms. The summed E-state index contributed by atoms with van der Waals surface area (Å²) in [6, 6.07) is 14.9. The van der Waals surface area contributed by atoms with Crippen molar-refractivity contribution in [3.05, 3.63) is 81.5 Å². The van der Waals surface area contributed by atoms with Gasteiger partial charge in [0.25, 0.3) is 5.56 Å². The van der Waals surface area contributed by atoms with E-state index < -0.39 is 11.9 Å². The maximum Gasteiger partial charge on any atom is 0.340 e. The summed E-state index contributed by atoms with van der Waals surface area (Å²) < 4.78 is 11.1. The summed E-state index contributed by atoms with van der Waals surface area (Å²) in [5.41, 5.74) is 8.71. The van der Waals surface area contributed by atoms with E-state index in [4.69, 9.17) is 15.2 Å². The number of aromatic amines is 1. The highest BCUT2D eigenvalue weighted by molar-refractivity contribution is 5.95. The molecule has 1 aliphatic rings. The number of carbonyl (C=O) groups is 1. The predicted octanol–water partition coefficient (Wildman–Crippen LogP) is 2.85. The molecule has 1 aliphatic heterocycles. The summed E-state index contributed by atoms with van der Waals surface area (Å²) in [7, 11) is 3.88. The number of benzene rings is 2. The SMILES string of the molecule is CCOC(=O)C1=C(N)Oc2c(c(=O)[nH]c3ccccc23)[C@H]1c1ccc(N(C)C)cc1. The Hall–Kier alpha value is -3.74. The number of pyridine rings is 1. The Kier molecular flexibility index (Phi) is 4.95. The minimum atomic E-state index is -0.711. The quantitative estimate of drug-likeness (QED) is 0.648. The molecule has 0 radical (unpaired) electrons. The number of esters is 1. The first kappa shape index (κ1) is 19.6. The zero-order valence-electron chi connectivity index (χ0n) is 17.1. The first-order valence-corrected chi connectivity index (χ1v) is 9.69. The second-order valence-corrected chi connectivity index (χ2v) is 7.26. The number of nitrogens with two attached hydrogens (primary N) is 1. The van der Waals surface area contributed by atoms with Crippen LogP contribution < -0.4 is 20.9 Å². The number of hydrogen-bond donors (Lipinski definition) is 2. The van der Waals surface area contributed by atoms with Crippen molar-refractivity contribution in [2.24, 2.45) is 5.73 Å². The Morgan fingerprint density at radius 2 is 1.87 bits per heavy atom. The number of anilines is 1. The molecular weight excluding hydrogens is 382 g/mol. The molecule has 0 spiro atoms. The van der Waals surface area contributed by atoms with E-state index in [1.54, 1.807) is 13.0 Å². The fraction of sp³-hybridized carbons (Fsp3) is 0.217. The van der Waals surface area contributed by atoms with Gasteiger partial charge in [0, 0.05) is 25.2 Å². The van der Waals surface area contributed by atoms with Crippen LogP contribution >= 0.6 is 0 Å². The molecule has 7 heteroatoms.